The zero-order valence-corrected chi connectivity index (χ0v) is 11.6. The van der Waals surface area contributed by atoms with Gasteiger partial charge in [0.05, 0.1) is 19.0 Å². The number of fused-ring (bicyclic) bond motifs is 1. The van der Waals surface area contributed by atoms with Crippen molar-refractivity contribution < 1.29 is 14.9 Å². The fourth-order valence-electron chi connectivity index (χ4n) is 2.71. The number of nitrogens with two attached hydrogens (primary N) is 2. The molecule has 3 atom stereocenters. The predicted octanol–water partition coefficient (Wildman–Crippen LogP) is -0.588. The van der Waals surface area contributed by atoms with Gasteiger partial charge in [0.25, 0.3) is 0 Å². The SMILES string of the molecule is CC[C@]1(CO)O[C@@H](n2cnc3c(N)nc(N)nc32)C[C@@H]1O. The number of ether oxygens (including phenoxy) is 1. The number of aliphatic hydroxyl groups is 2. The molecule has 1 aliphatic rings. The molecular formula is C12H18N6O3. The number of anilines is 2. The molecule has 0 amide bonds. The summed E-state index contributed by atoms with van der Waals surface area (Å²) in [5.74, 6) is 0.239. The van der Waals surface area contributed by atoms with Gasteiger partial charge in [-0.3, -0.25) is 4.57 Å². The predicted molar refractivity (Wildman–Crippen MR) is 75.0 cm³/mol. The Bertz CT molecular complexity index is 668. The zero-order valence-electron chi connectivity index (χ0n) is 11.6. The second-order valence-electron chi connectivity index (χ2n) is 5.19. The second-order valence-corrected chi connectivity index (χ2v) is 5.19. The lowest BCUT2D eigenvalue weighted by atomic mass is 9.95. The zero-order chi connectivity index (χ0) is 15.2. The van der Waals surface area contributed by atoms with Gasteiger partial charge in [0, 0.05) is 6.42 Å². The van der Waals surface area contributed by atoms with E-state index in [9.17, 15) is 10.2 Å². The standard InChI is InChI=1S/C12H18N6O3/c1-2-12(4-19)6(20)3-7(21-12)18-5-15-8-9(13)16-11(14)17-10(8)18/h5-7,19-20H,2-4H2,1H3,(H4,13,14,16,17)/t6-,7+,12+/m0/s1. The fourth-order valence-corrected chi connectivity index (χ4v) is 2.71. The summed E-state index contributed by atoms with van der Waals surface area (Å²) in [6.45, 7) is 1.60. The van der Waals surface area contributed by atoms with E-state index in [1.165, 1.54) is 6.33 Å². The lowest BCUT2D eigenvalue weighted by Gasteiger charge is -2.28. The molecule has 2 aromatic rings. The monoisotopic (exact) mass is 294 g/mol. The van der Waals surface area contributed by atoms with Crippen LogP contribution in [0.4, 0.5) is 11.8 Å². The van der Waals surface area contributed by atoms with Crippen LogP contribution in [0.5, 0.6) is 0 Å². The van der Waals surface area contributed by atoms with Crippen LogP contribution in [-0.2, 0) is 4.74 Å². The lowest BCUT2D eigenvalue weighted by molar-refractivity contribution is -0.128. The van der Waals surface area contributed by atoms with Gasteiger partial charge in [0.15, 0.2) is 11.5 Å². The normalized spacial score (nSPS) is 29.3. The van der Waals surface area contributed by atoms with Crippen LogP contribution in [0.2, 0.25) is 0 Å². The Morgan fingerprint density at radius 3 is 2.86 bits per heavy atom. The highest BCUT2D eigenvalue weighted by Gasteiger charge is 2.47. The molecule has 0 aliphatic carbocycles. The van der Waals surface area contributed by atoms with Crippen LogP contribution < -0.4 is 11.5 Å². The molecule has 0 bridgehead atoms. The molecule has 0 spiro atoms. The molecule has 0 aromatic carbocycles. The summed E-state index contributed by atoms with van der Waals surface area (Å²) >= 11 is 0. The third kappa shape index (κ3) is 2.01. The molecule has 3 rings (SSSR count). The van der Waals surface area contributed by atoms with Crippen molar-refractivity contribution in [3.8, 4) is 0 Å². The van der Waals surface area contributed by atoms with E-state index in [4.69, 9.17) is 16.2 Å². The summed E-state index contributed by atoms with van der Waals surface area (Å²) in [5.41, 5.74) is 11.3. The first-order valence-corrected chi connectivity index (χ1v) is 6.73. The molecule has 114 valence electrons. The number of rotatable bonds is 3. The van der Waals surface area contributed by atoms with E-state index in [0.717, 1.165) is 0 Å². The summed E-state index contributed by atoms with van der Waals surface area (Å²) < 4.78 is 7.53. The van der Waals surface area contributed by atoms with Gasteiger partial charge in [0.2, 0.25) is 5.95 Å². The highest BCUT2D eigenvalue weighted by molar-refractivity contribution is 5.82. The quantitative estimate of drug-likeness (QED) is 0.587. The number of hydrogen-bond donors (Lipinski definition) is 4. The number of imidazole rings is 1. The van der Waals surface area contributed by atoms with Crippen LogP contribution in [0.25, 0.3) is 11.2 Å². The van der Waals surface area contributed by atoms with Crippen molar-refractivity contribution in [1.29, 1.82) is 0 Å². The van der Waals surface area contributed by atoms with Gasteiger partial charge in [-0.15, -0.1) is 0 Å². The minimum Gasteiger partial charge on any atom is -0.393 e. The average molecular weight is 294 g/mol. The first kappa shape index (κ1) is 14.0. The third-order valence-corrected chi connectivity index (χ3v) is 4.04. The van der Waals surface area contributed by atoms with E-state index in [0.29, 0.717) is 24.0 Å². The van der Waals surface area contributed by atoms with Crippen molar-refractivity contribution in [2.45, 2.75) is 37.7 Å². The van der Waals surface area contributed by atoms with Gasteiger partial charge in [0.1, 0.15) is 17.3 Å². The maximum absolute atomic E-state index is 10.2. The van der Waals surface area contributed by atoms with Crippen molar-refractivity contribution >= 4 is 22.9 Å². The molecule has 9 heteroatoms. The van der Waals surface area contributed by atoms with Gasteiger partial charge < -0.3 is 26.4 Å². The molecule has 0 radical (unpaired) electrons. The minimum absolute atomic E-state index is 0.0456. The Balaban J connectivity index is 2.03. The maximum Gasteiger partial charge on any atom is 0.224 e. The molecule has 0 saturated carbocycles. The molecule has 9 nitrogen and oxygen atoms in total. The largest absolute Gasteiger partial charge is 0.393 e. The number of hydrogen-bond acceptors (Lipinski definition) is 8. The molecular weight excluding hydrogens is 276 g/mol. The van der Waals surface area contributed by atoms with Gasteiger partial charge in [-0.05, 0) is 6.42 Å². The molecule has 0 unspecified atom stereocenters. The molecule has 3 heterocycles. The number of nitrogens with zero attached hydrogens (tertiary/aromatic N) is 4. The maximum atomic E-state index is 10.2. The summed E-state index contributed by atoms with van der Waals surface area (Å²) in [4.78, 5) is 12.1. The fraction of sp³-hybridized carbons (Fsp3) is 0.583. The van der Waals surface area contributed by atoms with E-state index in [1.54, 1.807) is 4.57 Å². The van der Waals surface area contributed by atoms with Crippen LogP contribution in [0.15, 0.2) is 6.33 Å². The van der Waals surface area contributed by atoms with E-state index in [1.807, 2.05) is 6.92 Å². The minimum atomic E-state index is -0.967. The molecule has 1 aliphatic heterocycles. The molecule has 1 saturated heterocycles. The van der Waals surface area contributed by atoms with Gasteiger partial charge >= 0.3 is 0 Å². The Morgan fingerprint density at radius 1 is 1.48 bits per heavy atom. The van der Waals surface area contributed by atoms with E-state index < -0.39 is 17.9 Å². The van der Waals surface area contributed by atoms with Crippen LogP contribution in [0.3, 0.4) is 0 Å². The van der Waals surface area contributed by atoms with Crippen molar-refractivity contribution in [3.63, 3.8) is 0 Å². The summed E-state index contributed by atoms with van der Waals surface area (Å²) in [7, 11) is 0. The van der Waals surface area contributed by atoms with Gasteiger partial charge in [-0.1, -0.05) is 6.92 Å². The summed E-state index contributed by atoms with van der Waals surface area (Å²) in [5, 5.41) is 19.7. The van der Waals surface area contributed by atoms with E-state index >= 15 is 0 Å². The molecule has 2 aromatic heterocycles. The van der Waals surface area contributed by atoms with Crippen LogP contribution in [-0.4, -0.2) is 48.0 Å². The number of aromatic nitrogens is 4. The third-order valence-electron chi connectivity index (χ3n) is 4.04. The van der Waals surface area contributed by atoms with Crippen LogP contribution >= 0.6 is 0 Å². The Kier molecular flexibility index (Phi) is 3.19. The first-order chi connectivity index (χ1) is 10.0. The summed E-state index contributed by atoms with van der Waals surface area (Å²) in [6, 6.07) is 0. The Labute approximate surface area is 120 Å². The highest BCUT2D eigenvalue weighted by Crippen LogP contribution is 2.39. The number of nitrogen functional groups attached to an aromatic ring is 2. The highest BCUT2D eigenvalue weighted by atomic mass is 16.6. The van der Waals surface area contributed by atoms with Crippen LogP contribution in [0, 0.1) is 0 Å². The van der Waals surface area contributed by atoms with Gasteiger partial charge in [-0.25, -0.2) is 4.98 Å². The Morgan fingerprint density at radius 2 is 2.24 bits per heavy atom. The van der Waals surface area contributed by atoms with Crippen LogP contribution in [0.1, 0.15) is 26.0 Å². The first-order valence-electron chi connectivity index (χ1n) is 6.73. The van der Waals surface area contributed by atoms with Gasteiger partial charge in [-0.2, -0.15) is 9.97 Å². The molecule has 1 fully saturated rings. The Hall–Kier alpha value is -1.97. The lowest BCUT2D eigenvalue weighted by Crippen LogP contribution is -2.42. The van der Waals surface area contributed by atoms with Crippen molar-refractivity contribution in [2.75, 3.05) is 18.1 Å². The van der Waals surface area contributed by atoms with E-state index in [2.05, 4.69) is 15.0 Å². The summed E-state index contributed by atoms with van der Waals surface area (Å²) in [6.07, 6.45) is 1.07. The van der Waals surface area contributed by atoms with Crippen molar-refractivity contribution in [2.24, 2.45) is 0 Å². The average Bonchev–Trinajstić information content (AvgIpc) is 3.00. The molecule has 21 heavy (non-hydrogen) atoms. The smallest absolute Gasteiger partial charge is 0.224 e. The van der Waals surface area contributed by atoms with Crippen molar-refractivity contribution in [1.82, 2.24) is 19.5 Å². The topological polar surface area (TPSA) is 145 Å². The van der Waals surface area contributed by atoms with E-state index in [-0.39, 0.29) is 18.4 Å². The second kappa shape index (κ2) is 4.79. The number of aliphatic hydroxyl groups excluding tert-OH is 2. The van der Waals surface area contributed by atoms with Crippen molar-refractivity contribution in [3.05, 3.63) is 6.33 Å². The molecule has 6 N–H and O–H groups in total.